The second-order valence-electron chi connectivity index (χ2n) is 3.98. The van der Waals surface area contributed by atoms with Crippen LogP contribution < -0.4 is 0 Å². The average molecular weight is 240 g/mol. The Bertz CT molecular complexity index is 266. The Morgan fingerprint density at radius 1 is 1.43 bits per heavy atom. The van der Waals surface area contributed by atoms with Crippen LogP contribution >= 0.6 is 10.7 Å². The van der Waals surface area contributed by atoms with Crippen molar-refractivity contribution in [1.29, 1.82) is 0 Å². The van der Waals surface area contributed by atoms with Crippen molar-refractivity contribution in [3.05, 3.63) is 0 Å². The Labute approximate surface area is 90.8 Å². The summed E-state index contributed by atoms with van der Waals surface area (Å²) in [4.78, 5) is 2.35. The van der Waals surface area contributed by atoms with Crippen LogP contribution in [0, 0.1) is 0 Å². The first-order valence-electron chi connectivity index (χ1n) is 5.15. The lowest BCUT2D eigenvalue weighted by atomic mass is 10.0. The van der Waals surface area contributed by atoms with Gasteiger partial charge in [-0.15, -0.1) is 0 Å². The molecule has 0 saturated carbocycles. The summed E-state index contributed by atoms with van der Waals surface area (Å²) >= 11 is 0. The van der Waals surface area contributed by atoms with Gasteiger partial charge in [0.25, 0.3) is 0 Å². The zero-order chi connectivity index (χ0) is 10.6. The van der Waals surface area contributed by atoms with E-state index in [0.717, 1.165) is 13.1 Å². The summed E-state index contributed by atoms with van der Waals surface area (Å²) < 4.78 is 21.4. The molecule has 0 bridgehead atoms. The second kappa shape index (κ2) is 5.33. The number of hydrogen-bond donors (Lipinski definition) is 0. The Morgan fingerprint density at radius 3 is 2.71 bits per heavy atom. The van der Waals surface area contributed by atoms with E-state index < -0.39 is 9.05 Å². The summed E-state index contributed by atoms with van der Waals surface area (Å²) in [6, 6.07) is 0.599. The van der Waals surface area contributed by atoms with Crippen LogP contribution in [0.15, 0.2) is 0 Å². The van der Waals surface area contributed by atoms with Crippen molar-refractivity contribution in [2.75, 3.05) is 18.8 Å². The predicted molar refractivity (Wildman–Crippen MR) is 59.1 cm³/mol. The molecule has 1 saturated heterocycles. The lowest BCUT2D eigenvalue weighted by Gasteiger charge is -2.33. The number of rotatable bonds is 4. The van der Waals surface area contributed by atoms with E-state index in [2.05, 4.69) is 11.8 Å². The van der Waals surface area contributed by atoms with Gasteiger partial charge in [0.05, 0.1) is 5.75 Å². The maximum atomic E-state index is 10.7. The molecular formula is C9H18ClNO2S. The van der Waals surface area contributed by atoms with Gasteiger partial charge < -0.3 is 4.90 Å². The quantitative estimate of drug-likeness (QED) is 0.703. The fraction of sp³-hybridized carbons (Fsp3) is 1.00. The van der Waals surface area contributed by atoms with E-state index in [4.69, 9.17) is 10.7 Å². The lowest BCUT2D eigenvalue weighted by Crippen LogP contribution is -2.38. The zero-order valence-electron chi connectivity index (χ0n) is 8.58. The molecule has 1 atom stereocenters. The smallest absolute Gasteiger partial charge is 0.232 e. The van der Waals surface area contributed by atoms with Gasteiger partial charge in [-0.3, -0.25) is 0 Å². The summed E-state index contributed by atoms with van der Waals surface area (Å²) in [5.41, 5.74) is 0. The molecule has 0 N–H and O–H groups in total. The number of hydrogen-bond acceptors (Lipinski definition) is 3. The first-order valence-corrected chi connectivity index (χ1v) is 7.63. The molecule has 14 heavy (non-hydrogen) atoms. The number of nitrogens with zero attached hydrogens (tertiary/aromatic N) is 1. The maximum Gasteiger partial charge on any atom is 0.232 e. The lowest BCUT2D eigenvalue weighted by molar-refractivity contribution is 0.161. The molecule has 3 nitrogen and oxygen atoms in total. The first kappa shape index (κ1) is 12.3. The van der Waals surface area contributed by atoms with Crippen LogP contribution in [0.5, 0.6) is 0 Å². The summed E-state index contributed by atoms with van der Waals surface area (Å²) in [5, 5.41) is 0. The summed E-state index contributed by atoms with van der Waals surface area (Å²) in [7, 11) is 1.84. The van der Waals surface area contributed by atoms with Crippen LogP contribution in [-0.2, 0) is 9.05 Å². The summed E-state index contributed by atoms with van der Waals surface area (Å²) in [6.07, 6.45) is 4.41. The average Bonchev–Trinajstić information content (AvgIpc) is 2.06. The first-order chi connectivity index (χ1) is 6.49. The second-order valence-corrected chi connectivity index (χ2v) is 6.87. The Balaban J connectivity index is 2.23. The van der Waals surface area contributed by atoms with Gasteiger partial charge in [-0.2, -0.15) is 0 Å². The third kappa shape index (κ3) is 4.62. The highest BCUT2D eigenvalue weighted by Crippen LogP contribution is 2.16. The fourth-order valence-corrected chi connectivity index (χ4v) is 2.73. The van der Waals surface area contributed by atoms with Gasteiger partial charge in [-0.25, -0.2) is 8.42 Å². The third-order valence-electron chi connectivity index (χ3n) is 2.77. The molecule has 1 rings (SSSR count). The molecule has 0 aromatic carbocycles. The van der Waals surface area contributed by atoms with Crippen LogP contribution in [0.1, 0.15) is 32.6 Å². The molecule has 1 aliphatic rings. The minimum Gasteiger partial charge on any atom is -0.301 e. The predicted octanol–water partition coefficient (Wildman–Crippen LogP) is 1.82. The van der Waals surface area contributed by atoms with Gasteiger partial charge in [0.1, 0.15) is 0 Å². The highest BCUT2D eigenvalue weighted by Gasteiger charge is 2.18. The molecule has 1 heterocycles. The van der Waals surface area contributed by atoms with E-state index in [0.29, 0.717) is 12.5 Å². The SMILES string of the molecule is CC1CCCCN1CCCS(=O)(=O)Cl. The largest absolute Gasteiger partial charge is 0.301 e. The van der Waals surface area contributed by atoms with Gasteiger partial charge in [-0.05, 0) is 39.3 Å². The zero-order valence-corrected chi connectivity index (χ0v) is 10.1. The molecule has 1 fully saturated rings. The molecule has 0 amide bonds. The standard InChI is InChI=1S/C9H18ClNO2S/c1-9-5-2-3-6-11(9)7-4-8-14(10,12)13/h9H,2-8H2,1H3. The van der Waals surface area contributed by atoms with Gasteiger partial charge in [0.15, 0.2) is 0 Å². The van der Waals surface area contributed by atoms with Crippen LogP contribution in [0.4, 0.5) is 0 Å². The Kier molecular flexibility index (Phi) is 4.67. The van der Waals surface area contributed by atoms with Crippen molar-refractivity contribution in [3.8, 4) is 0 Å². The van der Waals surface area contributed by atoms with Crippen LogP contribution in [0.25, 0.3) is 0 Å². The van der Waals surface area contributed by atoms with Crippen molar-refractivity contribution < 1.29 is 8.42 Å². The van der Waals surface area contributed by atoms with Gasteiger partial charge >= 0.3 is 0 Å². The van der Waals surface area contributed by atoms with Gasteiger partial charge in [0, 0.05) is 16.7 Å². The monoisotopic (exact) mass is 239 g/mol. The number of likely N-dealkylation sites (tertiary alicyclic amines) is 1. The van der Waals surface area contributed by atoms with Crippen molar-refractivity contribution in [1.82, 2.24) is 4.90 Å². The van der Waals surface area contributed by atoms with E-state index in [9.17, 15) is 8.42 Å². The maximum absolute atomic E-state index is 10.7. The Hall–Kier alpha value is 0.200. The molecule has 84 valence electrons. The fourth-order valence-electron chi connectivity index (χ4n) is 1.93. The highest BCUT2D eigenvalue weighted by atomic mass is 35.7. The van der Waals surface area contributed by atoms with E-state index in [1.165, 1.54) is 19.3 Å². The number of halogens is 1. The van der Waals surface area contributed by atoms with E-state index in [1.807, 2.05) is 0 Å². The van der Waals surface area contributed by atoms with Crippen molar-refractivity contribution in [2.24, 2.45) is 0 Å². The van der Waals surface area contributed by atoms with Crippen molar-refractivity contribution >= 4 is 19.7 Å². The molecule has 1 aliphatic heterocycles. The minimum absolute atomic E-state index is 0.0950. The van der Waals surface area contributed by atoms with Gasteiger partial charge in [-0.1, -0.05) is 6.42 Å². The van der Waals surface area contributed by atoms with Crippen LogP contribution in [0.2, 0.25) is 0 Å². The van der Waals surface area contributed by atoms with Gasteiger partial charge in [0.2, 0.25) is 9.05 Å². The minimum atomic E-state index is -3.30. The molecule has 0 radical (unpaired) electrons. The molecule has 0 aromatic heterocycles. The summed E-state index contributed by atoms with van der Waals surface area (Å²) in [6.45, 7) is 4.16. The number of piperidine rings is 1. The van der Waals surface area contributed by atoms with Crippen molar-refractivity contribution in [3.63, 3.8) is 0 Å². The van der Waals surface area contributed by atoms with Crippen LogP contribution in [-0.4, -0.2) is 38.2 Å². The van der Waals surface area contributed by atoms with E-state index in [1.54, 1.807) is 0 Å². The third-order valence-corrected chi connectivity index (χ3v) is 4.01. The highest BCUT2D eigenvalue weighted by molar-refractivity contribution is 8.13. The van der Waals surface area contributed by atoms with Crippen molar-refractivity contribution in [2.45, 2.75) is 38.6 Å². The Morgan fingerprint density at radius 2 is 2.14 bits per heavy atom. The molecule has 5 heteroatoms. The molecule has 0 aliphatic carbocycles. The van der Waals surface area contributed by atoms with Crippen LogP contribution in [0.3, 0.4) is 0 Å². The normalized spacial score (nSPS) is 25.1. The molecule has 0 spiro atoms. The molecular weight excluding hydrogens is 222 g/mol. The van der Waals surface area contributed by atoms with E-state index >= 15 is 0 Å². The molecule has 1 unspecified atom stereocenters. The van der Waals surface area contributed by atoms with E-state index in [-0.39, 0.29) is 5.75 Å². The summed E-state index contributed by atoms with van der Waals surface area (Å²) in [5.74, 6) is 0.0950. The topological polar surface area (TPSA) is 37.4 Å². The molecule has 0 aromatic rings.